The summed E-state index contributed by atoms with van der Waals surface area (Å²) in [6.07, 6.45) is 2.54. The molecule has 0 amide bonds. The molecule has 2 aliphatic rings. The largest absolute Gasteiger partial charge is 0.497 e. The summed E-state index contributed by atoms with van der Waals surface area (Å²) in [5, 5.41) is 0. The van der Waals surface area contributed by atoms with Gasteiger partial charge in [-0.15, -0.1) is 0 Å². The summed E-state index contributed by atoms with van der Waals surface area (Å²) >= 11 is 0. The molecule has 0 saturated carbocycles. The average molecular weight is 518 g/mol. The highest BCUT2D eigenvalue weighted by atomic mass is 16.5. The van der Waals surface area contributed by atoms with E-state index in [0.717, 1.165) is 35.6 Å². The van der Waals surface area contributed by atoms with Crippen molar-refractivity contribution in [3.8, 4) is 34.5 Å². The van der Waals surface area contributed by atoms with Crippen molar-refractivity contribution in [2.75, 3.05) is 41.7 Å². The van der Waals surface area contributed by atoms with Crippen molar-refractivity contribution >= 4 is 11.9 Å². The monoisotopic (exact) mass is 517 g/mol. The van der Waals surface area contributed by atoms with E-state index in [9.17, 15) is 4.79 Å². The lowest BCUT2D eigenvalue weighted by atomic mass is 9.98. The van der Waals surface area contributed by atoms with Gasteiger partial charge in [-0.3, -0.25) is 9.69 Å². The molecule has 0 bridgehead atoms. The number of carbonyl (C=O) groups excluding carboxylic acids is 1. The second kappa shape index (κ2) is 10.7. The van der Waals surface area contributed by atoms with Crippen molar-refractivity contribution in [1.82, 2.24) is 4.90 Å². The van der Waals surface area contributed by atoms with E-state index in [-0.39, 0.29) is 11.5 Å². The summed E-state index contributed by atoms with van der Waals surface area (Å²) < 4.78 is 34.0. The van der Waals surface area contributed by atoms with Gasteiger partial charge in [0.05, 0.1) is 39.6 Å². The second-order valence-electron chi connectivity index (χ2n) is 9.16. The van der Waals surface area contributed by atoms with Crippen molar-refractivity contribution in [1.29, 1.82) is 0 Å². The third-order valence-corrected chi connectivity index (χ3v) is 6.88. The number of methoxy groups -OCH3 is 4. The van der Waals surface area contributed by atoms with Crippen LogP contribution in [0.1, 0.15) is 32.6 Å². The first-order valence-electron chi connectivity index (χ1n) is 12.3. The Morgan fingerprint density at radius 3 is 2.39 bits per heavy atom. The Bertz CT molecular complexity index is 1390. The zero-order valence-electron chi connectivity index (χ0n) is 22.3. The lowest BCUT2D eigenvalue weighted by Crippen LogP contribution is -2.33. The van der Waals surface area contributed by atoms with Crippen LogP contribution >= 0.6 is 0 Å². The summed E-state index contributed by atoms with van der Waals surface area (Å²) in [5.74, 6) is 3.63. The van der Waals surface area contributed by atoms with Crippen LogP contribution in [0.2, 0.25) is 0 Å². The van der Waals surface area contributed by atoms with Crippen LogP contribution in [0, 0.1) is 6.92 Å². The van der Waals surface area contributed by atoms with Gasteiger partial charge in [0.15, 0.2) is 17.3 Å². The van der Waals surface area contributed by atoms with Crippen LogP contribution in [0.4, 0.5) is 0 Å². The van der Waals surface area contributed by atoms with E-state index >= 15 is 0 Å². The molecule has 0 radical (unpaired) electrons. The van der Waals surface area contributed by atoms with Gasteiger partial charge in [-0.2, -0.15) is 0 Å². The van der Waals surface area contributed by atoms with Gasteiger partial charge in [0.1, 0.15) is 24.0 Å². The summed E-state index contributed by atoms with van der Waals surface area (Å²) in [6, 6.07) is 13.6. The third-order valence-electron chi connectivity index (χ3n) is 6.88. The maximum atomic E-state index is 13.5. The maximum absolute atomic E-state index is 13.5. The Balaban J connectivity index is 1.41. The van der Waals surface area contributed by atoms with Crippen LogP contribution < -0.4 is 28.4 Å². The third kappa shape index (κ3) is 4.63. The van der Waals surface area contributed by atoms with Crippen LogP contribution in [-0.4, -0.2) is 52.4 Å². The number of rotatable bonds is 8. The number of allylic oxidation sites excluding steroid dienone is 1. The zero-order valence-corrected chi connectivity index (χ0v) is 22.3. The summed E-state index contributed by atoms with van der Waals surface area (Å²) in [5.41, 5.74) is 4.12. The van der Waals surface area contributed by atoms with E-state index < -0.39 is 0 Å². The number of benzene rings is 3. The van der Waals surface area contributed by atoms with Crippen molar-refractivity contribution in [3.05, 3.63) is 76.0 Å². The summed E-state index contributed by atoms with van der Waals surface area (Å²) in [7, 11) is 6.31. The molecule has 0 aliphatic carbocycles. The predicted octanol–water partition coefficient (Wildman–Crippen LogP) is 5.04. The van der Waals surface area contributed by atoms with Crippen LogP contribution in [0.15, 0.2) is 48.2 Å². The van der Waals surface area contributed by atoms with Crippen molar-refractivity contribution in [2.45, 2.75) is 19.9 Å². The Morgan fingerprint density at radius 1 is 0.947 bits per heavy atom. The maximum Gasteiger partial charge on any atom is 0.232 e. The molecule has 0 aromatic heterocycles. The quantitative estimate of drug-likeness (QED) is 0.385. The molecule has 5 rings (SSSR count). The molecule has 8 nitrogen and oxygen atoms in total. The molecule has 0 N–H and O–H groups in total. The van der Waals surface area contributed by atoms with Crippen LogP contribution in [0.5, 0.6) is 34.5 Å². The van der Waals surface area contributed by atoms with Crippen molar-refractivity contribution in [2.24, 2.45) is 0 Å². The lowest BCUT2D eigenvalue weighted by Gasteiger charge is -2.30. The highest BCUT2D eigenvalue weighted by Crippen LogP contribution is 2.45. The molecule has 3 aromatic carbocycles. The fourth-order valence-corrected chi connectivity index (χ4v) is 4.88. The standard InChI is InChI=1S/C30H31NO7/c1-18-14-24-22(16-31(17-37-24)13-12-19-6-9-21(33-2)10-7-19)29-26(18)27(32)25(38-29)15-20-8-11-23(34-3)30(36-5)28(20)35-4/h6-11,14-15H,12-13,16-17H2,1-5H3/b25-15+. The number of hydrogen-bond acceptors (Lipinski definition) is 8. The molecule has 2 heterocycles. The van der Waals surface area contributed by atoms with Gasteiger partial charge in [-0.25, -0.2) is 0 Å². The van der Waals surface area contributed by atoms with Crippen molar-refractivity contribution in [3.63, 3.8) is 0 Å². The number of fused-ring (bicyclic) bond motifs is 3. The Labute approximate surface area is 222 Å². The van der Waals surface area contributed by atoms with Crippen LogP contribution in [-0.2, 0) is 13.0 Å². The molecule has 0 saturated heterocycles. The normalized spacial score (nSPS) is 15.4. The fraction of sp³-hybridized carbons (Fsp3) is 0.300. The highest BCUT2D eigenvalue weighted by Gasteiger charge is 2.35. The lowest BCUT2D eigenvalue weighted by molar-refractivity contribution is 0.0949. The Morgan fingerprint density at radius 2 is 1.71 bits per heavy atom. The minimum Gasteiger partial charge on any atom is -0.497 e. The molecule has 3 aromatic rings. The van der Waals surface area contributed by atoms with Gasteiger partial charge in [0.2, 0.25) is 11.5 Å². The van der Waals surface area contributed by atoms with Gasteiger partial charge < -0.3 is 28.4 Å². The predicted molar refractivity (Wildman–Crippen MR) is 143 cm³/mol. The van der Waals surface area contributed by atoms with E-state index in [1.807, 2.05) is 25.1 Å². The van der Waals surface area contributed by atoms with E-state index in [2.05, 4.69) is 17.0 Å². The van der Waals surface area contributed by atoms with E-state index in [0.29, 0.717) is 47.4 Å². The first-order valence-corrected chi connectivity index (χ1v) is 12.3. The number of ketones is 1. The molecule has 198 valence electrons. The Hall–Kier alpha value is -4.17. The number of hydrogen-bond donors (Lipinski definition) is 0. The van der Waals surface area contributed by atoms with Gasteiger partial charge in [0, 0.05) is 18.7 Å². The number of Topliss-reactive ketones (excluding diaryl/α,β-unsaturated/α-hetero) is 1. The van der Waals surface area contributed by atoms with Gasteiger partial charge in [-0.1, -0.05) is 12.1 Å². The average Bonchev–Trinajstić information content (AvgIpc) is 3.28. The molecular formula is C30H31NO7. The molecule has 2 aliphatic heterocycles. The Kier molecular flexibility index (Phi) is 7.15. The molecule has 0 unspecified atom stereocenters. The van der Waals surface area contributed by atoms with E-state index in [1.165, 1.54) is 5.56 Å². The topological polar surface area (TPSA) is 75.7 Å². The van der Waals surface area contributed by atoms with Crippen LogP contribution in [0.25, 0.3) is 6.08 Å². The number of nitrogens with zero attached hydrogens (tertiary/aromatic N) is 1. The van der Waals surface area contributed by atoms with E-state index in [1.54, 1.807) is 46.6 Å². The van der Waals surface area contributed by atoms with Gasteiger partial charge in [-0.05, 0) is 60.9 Å². The molecule has 38 heavy (non-hydrogen) atoms. The smallest absolute Gasteiger partial charge is 0.232 e. The van der Waals surface area contributed by atoms with Crippen LogP contribution in [0.3, 0.4) is 0 Å². The SMILES string of the molecule is COc1ccc(CCN2COc3cc(C)c4c(c3C2)O/C(=C/c2ccc(OC)c(OC)c2OC)C4=O)cc1. The van der Waals surface area contributed by atoms with Gasteiger partial charge >= 0.3 is 0 Å². The minimum atomic E-state index is -0.174. The molecule has 0 spiro atoms. The summed E-state index contributed by atoms with van der Waals surface area (Å²) in [6.45, 7) is 3.79. The van der Waals surface area contributed by atoms with Crippen molar-refractivity contribution < 1.29 is 33.2 Å². The molecule has 8 heteroatoms. The first-order chi connectivity index (χ1) is 18.5. The van der Waals surface area contributed by atoms with Gasteiger partial charge in [0.25, 0.3) is 0 Å². The number of aryl methyl sites for hydroxylation is 1. The highest BCUT2D eigenvalue weighted by molar-refractivity contribution is 6.16. The molecule has 0 fully saturated rings. The minimum absolute atomic E-state index is 0.174. The zero-order chi connectivity index (χ0) is 26.8. The van der Waals surface area contributed by atoms with E-state index in [4.69, 9.17) is 28.4 Å². The fourth-order valence-electron chi connectivity index (χ4n) is 4.88. The molecular weight excluding hydrogens is 486 g/mol. The first kappa shape index (κ1) is 25.5. The number of carbonyl (C=O) groups is 1. The molecule has 0 atom stereocenters. The number of ether oxygens (including phenoxy) is 6. The summed E-state index contributed by atoms with van der Waals surface area (Å²) in [4.78, 5) is 15.7. The second-order valence-corrected chi connectivity index (χ2v) is 9.16.